The molecule has 7 nitrogen and oxygen atoms in total. The Morgan fingerprint density at radius 1 is 1.11 bits per heavy atom. The van der Waals surface area contributed by atoms with Crippen molar-refractivity contribution >= 4 is 11.9 Å². The number of nitrogens with zero attached hydrogens (tertiary/aromatic N) is 4. The molecule has 0 amide bonds. The molecule has 0 unspecified atom stereocenters. The number of unbranched alkanes of at least 4 members (excludes halogenated alkanes) is 2. The third kappa shape index (κ3) is 4.86. The van der Waals surface area contributed by atoms with Crippen molar-refractivity contribution in [3.63, 3.8) is 0 Å². The maximum absolute atomic E-state index is 5.37. The second-order valence-electron chi connectivity index (χ2n) is 4.28. The van der Waals surface area contributed by atoms with Gasteiger partial charge in [-0.1, -0.05) is 26.7 Å². The van der Waals surface area contributed by atoms with E-state index in [4.69, 9.17) is 10.6 Å². The molecule has 0 aliphatic heterocycles. The number of aromatic nitrogens is 3. The highest BCUT2D eigenvalue weighted by Gasteiger charge is 2.13. The van der Waals surface area contributed by atoms with Crippen molar-refractivity contribution in [3.05, 3.63) is 0 Å². The van der Waals surface area contributed by atoms with Crippen molar-refractivity contribution in [1.29, 1.82) is 0 Å². The van der Waals surface area contributed by atoms with Crippen LogP contribution in [0.3, 0.4) is 0 Å². The molecule has 0 aromatic carbocycles. The quantitative estimate of drug-likeness (QED) is 0.519. The first-order valence-electron chi connectivity index (χ1n) is 6.76. The lowest BCUT2D eigenvalue weighted by atomic mass is 10.3. The molecule has 7 heteroatoms. The summed E-state index contributed by atoms with van der Waals surface area (Å²) in [7, 11) is 1.53. The van der Waals surface area contributed by atoms with Crippen molar-refractivity contribution in [1.82, 2.24) is 15.0 Å². The highest BCUT2D eigenvalue weighted by atomic mass is 16.5. The van der Waals surface area contributed by atoms with Crippen LogP contribution in [0.2, 0.25) is 0 Å². The van der Waals surface area contributed by atoms with Gasteiger partial charge in [0.25, 0.3) is 0 Å². The first-order chi connectivity index (χ1) is 9.24. The minimum absolute atomic E-state index is 0.274. The van der Waals surface area contributed by atoms with Gasteiger partial charge in [-0.15, -0.1) is 0 Å². The molecule has 0 spiro atoms. The molecule has 1 rings (SSSR count). The van der Waals surface area contributed by atoms with Crippen LogP contribution in [0.15, 0.2) is 0 Å². The van der Waals surface area contributed by atoms with E-state index in [9.17, 15) is 0 Å². The number of ether oxygens (including phenoxy) is 1. The average molecular weight is 268 g/mol. The predicted molar refractivity (Wildman–Crippen MR) is 76.2 cm³/mol. The SMILES string of the molecule is CCCCN(CCCC)c1nc(NN)nc(OC)n1. The van der Waals surface area contributed by atoms with E-state index in [0.717, 1.165) is 38.8 Å². The van der Waals surface area contributed by atoms with E-state index < -0.39 is 0 Å². The van der Waals surface area contributed by atoms with Gasteiger partial charge in [0.1, 0.15) is 0 Å². The summed E-state index contributed by atoms with van der Waals surface area (Å²) in [5.41, 5.74) is 2.44. The number of methoxy groups -OCH3 is 1. The minimum atomic E-state index is 0.274. The molecule has 1 aromatic rings. The third-order valence-electron chi connectivity index (χ3n) is 2.76. The summed E-state index contributed by atoms with van der Waals surface area (Å²) in [6.07, 6.45) is 4.46. The topological polar surface area (TPSA) is 89.2 Å². The summed E-state index contributed by atoms with van der Waals surface area (Å²) < 4.78 is 5.07. The molecule has 0 atom stereocenters. The number of nitrogen functional groups attached to an aromatic ring is 1. The average Bonchev–Trinajstić information content (AvgIpc) is 2.46. The summed E-state index contributed by atoms with van der Waals surface area (Å²) >= 11 is 0. The smallest absolute Gasteiger partial charge is 0.322 e. The number of anilines is 2. The molecular formula is C12H24N6O. The largest absolute Gasteiger partial charge is 0.467 e. The van der Waals surface area contributed by atoms with Gasteiger partial charge in [0, 0.05) is 13.1 Å². The second kappa shape index (κ2) is 8.47. The van der Waals surface area contributed by atoms with Crippen LogP contribution in [0.25, 0.3) is 0 Å². The molecule has 3 N–H and O–H groups in total. The molecule has 1 heterocycles. The Morgan fingerprint density at radius 3 is 2.21 bits per heavy atom. The fourth-order valence-corrected chi connectivity index (χ4v) is 1.65. The fourth-order valence-electron chi connectivity index (χ4n) is 1.65. The van der Waals surface area contributed by atoms with E-state index in [1.807, 2.05) is 0 Å². The van der Waals surface area contributed by atoms with Gasteiger partial charge in [0.2, 0.25) is 11.9 Å². The molecule has 0 aliphatic rings. The van der Waals surface area contributed by atoms with Crippen molar-refractivity contribution in [2.75, 3.05) is 30.5 Å². The summed E-state index contributed by atoms with van der Waals surface area (Å²) in [5.74, 6) is 6.30. The summed E-state index contributed by atoms with van der Waals surface area (Å²) in [5, 5.41) is 0. The Labute approximate surface area is 114 Å². The fraction of sp³-hybridized carbons (Fsp3) is 0.750. The van der Waals surface area contributed by atoms with Gasteiger partial charge in [-0.25, -0.2) is 5.84 Å². The van der Waals surface area contributed by atoms with Crippen molar-refractivity contribution in [2.45, 2.75) is 39.5 Å². The van der Waals surface area contributed by atoms with E-state index in [-0.39, 0.29) is 6.01 Å². The van der Waals surface area contributed by atoms with Crippen LogP contribution >= 0.6 is 0 Å². The molecule has 0 bridgehead atoms. The Morgan fingerprint density at radius 2 is 1.74 bits per heavy atom. The van der Waals surface area contributed by atoms with Crippen LogP contribution in [-0.4, -0.2) is 35.2 Å². The summed E-state index contributed by atoms with van der Waals surface area (Å²) in [4.78, 5) is 14.7. The highest BCUT2D eigenvalue weighted by molar-refractivity contribution is 5.37. The van der Waals surface area contributed by atoms with Gasteiger partial charge in [0.05, 0.1) is 7.11 Å². The molecule has 0 radical (unpaired) electrons. The third-order valence-corrected chi connectivity index (χ3v) is 2.76. The van der Waals surface area contributed by atoms with Crippen LogP contribution in [0.4, 0.5) is 11.9 Å². The zero-order valence-corrected chi connectivity index (χ0v) is 12.0. The lowest BCUT2D eigenvalue weighted by molar-refractivity contribution is 0.378. The molecule has 0 fully saturated rings. The number of hydrogen-bond acceptors (Lipinski definition) is 7. The van der Waals surface area contributed by atoms with Crippen molar-refractivity contribution in [3.8, 4) is 6.01 Å². The maximum Gasteiger partial charge on any atom is 0.322 e. The molecular weight excluding hydrogens is 244 g/mol. The second-order valence-corrected chi connectivity index (χ2v) is 4.28. The molecule has 19 heavy (non-hydrogen) atoms. The zero-order chi connectivity index (χ0) is 14.1. The van der Waals surface area contributed by atoms with Gasteiger partial charge in [-0.2, -0.15) is 15.0 Å². The van der Waals surface area contributed by atoms with Gasteiger partial charge in [0.15, 0.2) is 0 Å². The lowest BCUT2D eigenvalue weighted by Crippen LogP contribution is -2.28. The molecule has 0 aliphatic carbocycles. The molecule has 0 saturated heterocycles. The highest BCUT2D eigenvalue weighted by Crippen LogP contribution is 2.15. The first kappa shape index (κ1) is 15.4. The normalized spacial score (nSPS) is 10.3. The monoisotopic (exact) mass is 268 g/mol. The van der Waals surface area contributed by atoms with Gasteiger partial charge in [-0.05, 0) is 12.8 Å². The minimum Gasteiger partial charge on any atom is -0.467 e. The lowest BCUT2D eigenvalue weighted by Gasteiger charge is -2.22. The van der Waals surface area contributed by atoms with Crippen LogP contribution in [0, 0.1) is 0 Å². The number of rotatable bonds is 9. The number of nitrogens with two attached hydrogens (primary N) is 1. The number of nitrogens with one attached hydrogen (secondary N) is 1. The maximum atomic E-state index is 5.37. The molecule has 1 aromatic heterocycles. The Balaban J connectivity index is 2.91. The van der Waals surface area contributed by atoms with Crippen LogP contribution in [0.1, 0.15) is 39.5 Å². The van der Waals surface area contributed by atoms with Crippen LogP contribution < -0.4 is 20.9 Å². The van der Waals surface area contributed by atoms with Crippen molar-refractivity contribution < 1.29 is 4.74 Å². The van der Waals surface area contributed by atoms with E-state index >= 15 is 0 Å². The summed E-state index contributed by atoms with van der Waals surface area (Å²) in [6.45, 7) is 6.18. The standard InChI is InChI=1S/C12H24N6O/c1-4-6-8-18(9-7-5-2)11-14-10(17-13)15-12(16-11)19-3/h4-9,13H2,1-3H3,(H,14,15,16,17). The van der Waals surface area contributed by atoms with Gasteiger partial charge < -0.3 is 9.64 Å². The Kier molecular flexibility index (Phi) is 6.88. The first-order valence-corrected chi connectivity index (χ1v) is 6.76. The molecule has 0 saturated carbocycles. The van der Waals surface area contributed by atoms with Gasteiger partial charge in [-0.3, -0.25) is 5.43 Å². The predicted octanol–water partition coefficient (Wildman–Crippen LogP) is 1.57. The van der Waals surface area contributed by atoms with Crippen LogP contribution in [0.5, 0.6) is 6.01 Å². The van der Waals surface area contributed by atoms with E-state index in [1.54, 1.807) is 0 Å². The van der Waals surface area contributed by atoms with E-state index in [0.29, 0.717) is 11.9 Å². The van der Waals surface area contributed by atoms with E-state index in [1.165, 1.54) is 7.11 Å². The number of hydrogen-bond donors (Lipinski definition) is 2. The molecule has 108 valence electrons. The Hall–Kier alpha value is -1.63. The van der Waals surface area contributed by atoms with Crippen molar-refractivity contribution in [2.24, 2.45) is 5.84 Å². The summed E-state index contributed by atoms with van der Waals surface area (Å²) in [6, 6.07) is 0.274. The zero-order valence-electron chi connectivity index (χ0n) is 12.0. The van der Waals surface area contributed by atoms with Crippen LogP contribution in [-0.2, 0) is 0 Å². The Bertz CT molecular complexity index is 343. The van der Waals surface area contributed by atoms with E-state index in [2.05, 4.69) is 39.1 Å². The van der Waals surface area contributed by atoms with Gasteiger partial charge >= 0.3 is 6.01 Å². The number of hydrazine groups is 1.